The lowest BCUT2D eigenvalue weighted by atomic mass is 10.1. The summed E-state index contributed by atoms with van der Waals surface area (Å²) in [6.45, 7) is 0.0172. The van der Waals surface area contributed by atoms with E-state index >= 15 is 0 Å². The first-order valence-electron chi connectivity index (χ1n) is 4.44. The van der Waals surface area contributed by atoms with Crippen molar-refractivity contribution in [2.45, 2.75) is 6.18 Å². The SMILES string of the molecule is FC(F)(F)c1coc2cc3c(cc12)OCO3. The van der Waals surface area contributed by atoms with Crippen molar-refractivity contribution in [2.75, 3.05) is 6.79 Å². The van der Waals surface area contributed by atoms with Crippen LogP contribution in [0.5, 0.6) is 11.5 Å². The van der Waals surface area contributed by atoms with Gasteiger partial charge in [0.15, 0.2) is 11.5 Å². The number of rotatable bonds is 0. The molecule has 0 amide bonds. The highest BCUT2D eigenvalue weighted by Gasteiger charge is 2.35. The van der Waals surface area contributed by atoms with Crippen molar-refractivity contribution in [1.29, 1.82) is 0 Å². The van der Waals surface area contributed by atoms with Gasteiger partial charge in [-0.15, -0.1) is 0 Å². The summed E-state index contributed by atoms with van der Waals surface area (Å²) in [6, 6.07) is 2.68. The highest BCUT2D eigenvalue weighted by molar-refractivity contribution is 5.85. The average molecular weight is 230 g/mol. The molecular formula is C10H5F3O3. The minimum Gasteiger partial charge on any atom is -0.464 e. The standard InChI is InChI=1S/C10H5F3O3/c11-10(12,13)6-3-14-7-2-9-8(1-5(6)7)15-4-16-9/h1-3H,4H2. The fraction of sp³-hybridized carbons (Fsp3) is 0.200. The summed E-state index contributed by atoms with van der Waals surface area (Å²) in [4.78, 5) is 0. The maximum absolute atomic E-state index is 12.6. The second kappa shape index (κ2) is 2.84. The molecule has 16 heavy (non-hydrogen) atoms. The van der Waals surface area contributed by atoms with Crippen LogP contribution < -0.4 is 9.47 Å². The molecule has 0 aliphatic carbocycles. The zero-order valence-electron chi connectivity index (χ0n) is 7.80. The number of hydrogen-bond acceptors (Lipinski definition) is 3. The van der Waals surface area contributed by atoms with Crippen LogP contribution in [0.3, 0.4) is 0 Å². The van der Waals surface area contributed by atoms with E-state index < -0.39 is 11.7 Å². The second-order valence-electron chi connectivity index (χ2n) is 3.35. The van der Waals surface area contributed by atoms with Crippen LogP contribution >= 0.6 is 0 Å². The Balaban J connectivity index is 2.27. The van der Waals surface area contributed by atoms with Crippen molar-refractivity contribution in [3.8, 4) is 11.5 Å². The van der Waals surface area contributed by atoms with E-state index in [2.05, 4.69) is 0 Å². The normalized spacial score (nSPS) is 14.7. The van der Waals surface area contributed by atoms with Crippen molar-refractivity contribution in [3.63, 3.8) is 0 Å². The Morgan fingerprint density at radius 2 is 1.75 bits per heavy atom. The first-order chi connectivity index (χ1) is 7.55. The molecule has 0 spiro atoms. The molecule has 84 valence electrons. The van der Waals surface area contributed by atoms with Crippen LogP contribution in [0.2, 0.25) is 0 Å². The van der Waals surface area contributed by atoms with Crippen molar-refractivity contribution in [2.24, 2.45) is 0 Å². The van der Waals surface area contributed by atoms with E-state index in [0.717, 1.165) is 0 Å². The Bertz CT molecular complexity index is 556. The third kappa shape index (κ3) is 1.22. The Kier molecular flexibility index (Phi) is 1.66. The molecule has 0 saturated heterocycles. The van der Waals surface area contributed by atoms with E-state index in [1.165, 1.54) is 12.1 Å². The molecule has 0 unspecified atom stereocenters. The molecule has 3 nitrogen and oxygen atoms in total. The van der Waals surface area contributed by atoms with Crippen molar-refractivity contribution in [1.82, 2.24) is 0 Å². The van der Waals surface area contributed by atoms with Crippen LogP contribution in [0.15, 0.2) is 22.8 Å². The van der Waals surface area contributed by atoms with Gasteiger partial charge in [-0.1, -0.05) is 0 Å². The fourth-order valence-electron chi connectivity index (χ4n) is 1.64. The monoisotopic (exact) mass is 230 g/mol. The fourth-order valence-corrected chi connectivity index (χ4v) is 1.64. The number of alkyl halides is 3. The predicted molar refractivity (Wildman–Crippen MR) is 47.3 cm³/mol. The molecule has 0 N–H and O–H groups in total. The molecule has 0 atom stereocenters. The zero-order valence-corrected chi connectivity index (χ0v) is 7.80. The lowest BCUT2D eigenvalue weighted by Gasteiger charge is -2.03. The van der Waals surface area contributed by atoms with E-state index in [1.54, 1.807) is 0 Å². The van der Waals surface area contributed by atoms with Gasteiger partial charge in [-0.3, -0.25) is 0 Å². The summed E-state index contributed by atoms with van der Waals surface area (Å²) in [5.74, 6) is 0.704. The zero-order chi connectivity index (χ0) is 11.3. The molecule has 2 aromatic rings. The minimum absolute atomic E-state index is 0.0169. The summed E-state index contributed by atoms with van der Waals surface area (Å²) in [5, 5.41) is -0.0169. The van der Waals surface area contributed by atoms with Crippen LogP contribution in [-0.2, 0) is 6.18 Å². The third-order valence-electron chi connectivity index (χ3n) is 2.37. The molecule has 1 aliphatic rings. The molecule has 3 rings (SSSR count). The van der Waals surface area contributed by atoms with Gasteiger partial charge in [-0.2, -0.15) is 13.2 Å². The number of furan rings is 1. The van der Waals surface area contributed by atoms with Crippen molar-refractivity contribution < 1.29 is 27.1 Å². The summed E-state index contributed by atoms with van der Waals surface area (Å²) < 4.78 is 52.6. The van der Waals surface area contributed by atoms with Crippen LogP contribution in [0.25, 0.3) is 11.0 Å². The van der Waals surface area contributed by atoms with Crippen molar-refractivity contribution >= 4 is 11.0 Å². The molecule has 0 fully saturated rings. The molecule has 2 heterocycles. The number of hydrogen-bond donors (Lipinski definition) is 0. The predicted octanol–water partition coefficient (Wildman–Crippen LogP) is 3.18. The van der Waals surface area contributed by atoms with Gasteiger partial charge in [0, 0.05) is 11.5 Å². The Labute approximate surface area is 87.4 Å². The topological polar surface area (TPSA) is 31.6 Å². The Morgan fingerprint density at radius 3 is 2.44 bits per heavy atom. The first-order valence-corrected chi connectivity index (χ1v) is 4.44. The molecule has 0 bridgehead atoms. The van der Waals surface area contributed by atoms with E-state index in [9.17, 15) is 13.2 Å². The van der Waals surface area contributed by atoms with Gasteiger partial charge in [0.05, 0.1) is 0 Å². The lowest BCUT2D eigenvalue weighted by Crippen LogP contribution is -2.03. The van der Waals surface area contributed by atoms with Gasteiger partial charge in [0.25, 0.3) is 0 Å². The van der Waals surface area contributed by atoms with E-state index in [1.807, 2.05) is 0 Å². The molecule has 0 saturated carbocycles. The summed E-state index contributed by atoms with van der Waals surface area (Å²) in [7, 11) is 0. The van der Waals surface area contributed by atoms with Gasteiger partial charge in [0.1, 0.15) is 17.4 Å². The Morgan fingerprint density at radius 1 is 1.06 bits per heavy atom. The van der Waals surface area contributed by atoms with E-state index in [4.69, 9.17) is 13.9 Å². The lowest BCUT2D eigenvalue weighted by molar-refractivity contribution is -0.136. The Hall–Kier alpha value is -1.85. The van der Waals surface area contributed by atoms with Crippen LogP contribution in [0.1, 0.15) is 5.56 Å². The van der Waals surface area contributed by atoms with Gasteiger partial charge in [-0.05, 0) is 6.07 Å². The highest BCUT2D eigenvalue weighted by Crippen LogP contribution is 2.42. The largest absolute Gasteiger partial charge is 0.464 e. The second-order valence-corrected chi connectivity index (χ2v) is 3.35. The van der Waals surface area contributed by atoms with E-state index in [-0.39, 0.29) is 17.8 Å². The van der Waals surface area contributed by atoms with Gasteiger partial charge < -0.3 is 13.9 Å². The van der Waals surface area contributed by atoms with Crippen LogP contribution in [0.4, 0.5) is 13.2 Å². The molecule has 1 aliphatic heterocycles. The molecule has 1 aromatic carbocycles. The molecule has 1 aromatic heterocycles. The average Bonchev–Trinajstić information content (AvgIpc) is 2.76. The number of ether oxygens (including phenoxy) is 2. The maximum atomic E-state index is 12.6. The minimum atomic E-state index is -4.43. The molecule has 6 heteroatoms. The number of fused-ring (bicyclic) bond motifs is 2. The first kappa shape index (κ1) is 9.38. The maximum Gasteiger partial charge on any atom is 0.420 e. The van der Waals surface area contributed by atoms with E-state index in [0.29, 0.717) is 17.8 Å². The molecular weight excluding hydrogens is 225 g/mol. The summed E-state index contributed by atoms with van der Waals surface area (Å²) in [5.41, 5.74) is -0.669. The highest BCUT2D eigenvalue weighted by atomic mass is 19.4. The smallest absolute Gasteiger partial charge is 0.420 e. The summed E-state index contributed by atoms with van der Waals surface area (Å²) in [6.07, 6.45) is -3.74. The number of benzene rings is 1. The summed E-state index contributed by atoms with van der Waals surface area (Å²) >= 11 is 0. The van der Waals surface area contributed by atoms with Crippen molar-refractivity contribution in [3.05, 3.63) is 24.0 Å². The quantitative estimate of drug-likeness (QED) is 0.696. The van der Waals surface area contributed by atoms with Gasteiger partial charge in [0.2, 0.25) is 6.79 Å². The van der Waals surface area contributed by atoms with Gasteiger partial charge >= 0.3 is 6.18 Å². The van der Waals surface area contributed by atoms with Crippen LogP contribution in [0, 0.1) is 0 Å². The van der Waals surface area contributed by atoms with Gasteiger partial charge in [-0.25, -0.2) is 0 Å². The number of halogens is 3. The molecule has 0 radical (unpaired) electrons. The van der Waals surface area contributed by atoms with Crippen LogP contribution in [-0.4, -0.2) is 6.79 Å². The third-order valence-corrected chi connectivity index (χ3v) is 2.37.